The van der Waals surface area contributed by atoms with E-state index in [-0.39, 0.29) is 18.3 Å². The first-order chi connectivity index (χ1) is 6.83. The maximum absolute atomic E-state index is 11.3. The second-order valence-corrected chi connectivity index (χ2v) is 3.61. The molecule has 0 aromatic carbocycles. The van der Waals surface area contributed by atoms with Crippen LogP contribution in [0.5, 0.6) is 0 Å². The first-order valence-corrected chi connectivity index (χ1v) is 5.38. The quantitative estimate of drug-likeness (QED) is 0.663. The van der Waals surface area contributed by atoms with E-state index in [0.717, 1.165) is 19.6 Å². The maximum atomic E-state index is 11.3. The standard InChI is InChI=1S/C10H20N2O2.ClH/c1-2-14-6-4-10(13)12-8-9-3-5-11-7-9;/h9,11H,2-8H2,1H3,(H,12,13);1H. The van der Waals surface area contributed by atoms with Crippen molar-refractivity contribution in [3.63, 3.8) is 0 Å². The van der Waals surface area contributed by atoms with Gasteiger partial charge in [-0.15, -0.1) is 12.4 Å². The molecule has 1 saturated heterocycles. The summed E-state index contributed by atoms with van der Waals surface area (Å²) in [6, 6.07) is 0. The minimum Gasteiger partial charge on any atom is -0.381 e. The van der Waals surface area contributed by atoms with E-state index in [1.807, 2.05) is 6.92 Å². The van der Waals surface area contributed by atoms with E-state index in [2.05, 4.69) is 10.6 Å². The van der Waals surface area contributed by atoms with Gasteiger partial charge >= 0.3 is 0 Å². The van der Waals surface area contributed by atoms with Crippen molar-refractivity contribution < 1.29 is 9.53 Å². The number of hydrogen-bond acceptors (Lipinski definition) is 3. The van der Waals surface area contributed by atoms with Gasteiger partial charge in [0.25, 0.3) is 0 Å². The van der Waals surface area contributed by atoms with Crippen LogP contribution in [0.4, 0.5) is 0 Å². The van der Waals surface area contributed by atoms with Crippen LogP contribution in [0.15, 0.2) is 0 Å². The van der Waals surface area contributed by atoms with Gasteiger partial charge < -0.3 is 15.4 Å². The van der Waals surface area contributed by atoms with Crippen LogP contribution in [-0.2, 0) is 9.53 Å². The van der Waals surface area contributed by atoms with Crippen molar-refractivity contribution in [2.24, 2.45) is 5.92 Å². The smallest absolute Gasteiger partial charge is 0.222 e. The van der Waals surface area contributed by atoms with E-state index in [4.69, 9.17) is 4.74 Å². The van der Waals surface area contributed by atoms with E-state index < -0.39 is 0 Å². The van der Waals surface area contributed by atoms with Gasteiger partial charge in [-0.3, -0.25) is 4.79 Å². The van der Waals surface area contributed by atoms with Crippen molar-refractivity contribution >= 4 is 18.3 Å². The van der Waals surface area contributed by atoms with Crippen LogP contribution < -0.4 is 10.6 Å². The molecule has 1 fully saturated rings. The summed E-state index contributed by atoms with van der Waals surface area (Å²) < 4.78 is 5.10. The van der Waals surface area contributed by atoms with Crippen LogP contribution in [0.2, 0.25) is 0 Å². The van der Waals surface area contributed by atoms with Crippen LogP contribution in [0.25, 0.3) is 0 Å². The molecule has 4 nitrogen and oxygen atoms in total. The molecule has 1 aliphatic heterocycles. The Labute approximate surface area is 97.5 Å². The molecule has 1 unspecified atom stereocenters. The molecular formula is C10H21ClN2O2. The molecule has 1 rings (SSSR count). The summed E-state index contributed by atoms with van der Waals surface area (Å²) in [6.45, 7) is 6.07. The predicted octanol–water partition coefficient (Wildman–Crippen LogP) is 0.561. The summed E-state index contributed by atoms with van der Waals surface area (Å²) in [7, 11) is 0. The van der Waals surface area contributed by atoms with Crippen molar-refractivity contribution in [2.45, 2.75) is 19.8 Å². The first kappa shape index (κ1) is 14.7. The zero-order chi connectivity index (χ0) is 10.2. The molecule has 15 heavy (non-hydrogen) atoms. The van der Waals surface area contributed by atoms with Gasteiger partial charge in [-0.05, 0) is 32.4 Å². The van der Waals surface area contributed by atoms with Crippen molar-refractivity contribution in [3.8, 4) is 0 Å². The second kappa shape index (κ2) is 8.95. The Balaban J connectivity index is 0.00000196. The van der Waals surface area contributed by atoms with E-state index in [9.17, 15) is 4.79 Å². The topological polar surface area (TPSA) is 50.4 Å². The second-order valence-electron chi connectivity index (χ2n) is 3.61. The third-order valence-corrected chi connectivity index (χ3v) is 2.43. The van der Waals surface area contributed by atoms with Crippen molar-refractivity contribution in [1.29, 1.82) is 0 Å². The minimum atomic E-state index is 0. The van der Waals surface area contributed by atoms with Crippen molar-refractivity contribution in [3.05, 3.63) is 0 Å². The van der Waals surface area contributed by atoms with Crippen molar-refractivity contribution in [1.82, 2.24) is 10.6 Å². The van der Waals surface area contributed by atoms with E-state index in [0.29, 0.717) is 25.6 Å². The molecule has 90 valence electrons. The first-order valence-electron chi connectivity index (χ1n) is 5.38. The Hall–Kier alpha value is -0.320. The monoisotopic (exact) mass is 236 g/mol. The number of carbonyl (C=O) groups is 1. The Morgan fingerprint density at radius 1 is 1.60 bits per heavy atom. The number of carbonyl (C=O) groups excluding carboxylic acids is 1. The number of halogens is 1. The molecule has 0 aromatic heterocycles. The van der Waals surface area contributed by atoms with E-state index >= 15 is 0 Å². The van der Waals surface area contributed by atoms with Gasteiger partial charge in [0.05, 0.1) is 6.61 Å². The van der Waals surface area contributed by atoms with Crippen LogP contribution in [0.3, 0.4) is 0 Å². The molecule has 0 aliphatic carbocycles. The molecule has 1 amide bonds. The van der Waals surface area contributed by atoms with Gasteiger partial charge in [0, 0.05) is 19.6 Å². The normalized spacial score (nSPS) is 19.7. The van der Waals surface area contributed by atoms with Crippen LogP contribution in [0.1, 0.15) is 19.8 Å². The molecule has 0 radical (unpaired) electrons. The number of ether oxygens (including phenoxy) is 1. The van der Waals surface area contributed by atoms with Gasteiger partial charge in [0.1, 0.15) is 0 Å². The zero-order valence-electron chi connectivity index (χ0n) is 9.25. The van der Waals surface area contributed by atoms with Crippen LogP contribution in [-0.4, -0.2) is 38.8 Å². The Morgan fingerprint density at radius 2 is 2.40 bits per heavy atom. The van der Waals surface area contributed by atoms with Gasteiger partial charge in [-0.25, -0.2) is 0 Å². The molecule has 1 aliphatic rings. The van der Waals surface area contributed by atoms with Crippen LogP contribution in [0, 0.1) is 5.92 Å². The summed E-state index contributed by atoms with van der Waals surface area (Å²) in [5.41, 5.74) is 0. The lowest BCUT2D eigenvalue weighted by Crippen LogP contribution is -2.30. The molecule has 0 bridgehead atoms. The predicted molar refractivity (Wildman–Crippen MR) is 62.3 cm³/mol. The summed E-state index contributed by atoms with van der Waals surface area (Å²) in [4.78, 5) is 11.3. The lowest BCUT2D eigenvalue weighted by atomic mass is 10.1. The molecule has 1 heterocycles. The largest absolute Gasteiger partial charge is 0.381 e. The van der Waals surface area contributed by atoms with Gasteiger partial charge in [0.2, 0.25) is 5.91 Å². The van der Waals surface area contributed by atoms with E-state index in [1.165, 1.54) is 6.42 Å². The molecule has 2 N–H and O–H groups in total. The van der Waals surface area contributed by atoms with Gasteiger partial charge in [-0.2, -0.15) is 0 Å². The molecule has 0 spiro atoms. The Morgan fingerprint density at radius 3 is 3.00 bits per heavy atom. The highest BCUT2D eigenvalue weighted by Crippen LogP contribution is 2.05. The molecule has 0 saturated carbocycles. The number of amides is 1. The fourth-order valence-electron chi connectivity index (χ4n) is 1.54. The highest BCUT2D eigenvalue weighted by molar-refractivity contribution is 5.85. The summed E-state index contributed by atoms with van der Waals surface area (Å²) in [6.07, 6.45) is 1.65. The Kier molecular flexibility index (Phi) is 8.76. The SMILES string of the molecule is CCOCCC(=O)NCC1CCNC1.Cl. The zero-order valence-corrected chi connectivity index (χ0v) is 10.1. The van der Waals surface area contributed by atoms with Crippen molar-refractivity contribution in [2.75, 3.05) is 32.8 Å². The average molecular weight is 237 g/mol. The van der Waals surface area contributed by atoms with Crippen LogP contribution >= 0.6 is 12.4 Å². The highest BCUT2D eigenvalue weighted by Gasteiger charge is 2.14. The summed E-state index contributed by atoms with van der Waals surface area (Å²) in [5, 5.41) is 6.20. The highest BCUT2D eigenvalue weighted by atomic mass is 35.5. The number of rotatable bonds is 6. The lowest BCUT2D eigenvalue weighted by Gasteiger charge is -2.09. The lowest BCUT2D eigenvalue weighted by molar-refractivity contribution is -0.122. The molecule has 5 heteroatoms. The third kappa shape index (κ3) is 6.71. The fourth-order valence-corrected chi connectivity index (χ4v) is 1.54. The molecule has 1 atom stereocenters. The minimum absolute atomic E-state index is 0. The fraction of sp³-hybridized carbons (Fsp3) is 0.900. The summed E-state index contributed by atoms with van der Waals surface area (Å²) in [5.74, 6) is 0.719. The Bertz CT molecular complexity index is 173. The van der Waals surface area contributed by atoms with Gasteiger partial charge in [-0.1, -0.05) is 0 Å². The maximum Gasteiger partial charge on any atom is 0.222 e. The van der Waals surface area contributed by atoms with E-state index in [1.54, 1.807) is 0 Å². The number of hydrogen-bond donors (Lipinski definition) is 2. The molecule has 0 aromatic rings. The number of nitrogens with one attached hydrogen (secondary N) is 2. The molecular weight excluding hydrogens is 216 g/mol. The average Bonchev–Trinajstić information content (AvgIpc) is 2.68. The third-order valence-electron chi connectivity index (χ3n) is 2.43. The summed E-state index contributed by atoms with van der Waals surface area (Å²) >= 11 is 0. The van der Waals surface area contributed by atoms with Gasteiger partial charge in [0.15, 0.2) is 0 Å².